The Kier molecular flexibility index (Phi) is 5.35. The Morgan fingerprint density at radius 2 is 2.21 bits per heavy atom. The van der Waals surface area contributed by atoms with Crippen LogP contribution in [0.2, 0.25) is 0 Å². The van der Waals surface area contributed by atoms with E-state index in [1.54, 1.807) is 13.0 Å². The first-order valence-corrected chi connectivity index (χ1v) is 7.10. The smallest absolute Gasteiger partial charge is 0.319 e. The highest BCUT2D eigenvalue weighted by molar-refractivity contribution is 5.89. The average Bonchev–Trinajstić information content (AvgIpc) is 2.92. The number of carbonyl (C=O) groups excluding carboxylic acids is 2. The number of benzene rings is 1. The van der Waals surface area contributed by atoms with E-state index in [1.165, 1.54) is 36.3 Å². The van der Waals surface area contributed by atoms with Gasteiger partial charge in [-0.2, -0.15) is 5.10 Å². The highest BCUT2D eigenvalue weighted by Gasteiger charge is 2.13. The highest BCUT2D eigenvalue weighted by atomic mass is 19.1. The zero-order valence-electron chi connectivity index (χ0n) is 13.2. The van der Waals surface area contributed by atoms with E-state index in [2.05, 4.69) is 15.7 Å². The first kappa shape index (κ1) is 17.3. The minimum Gasteiger partial charge on any atom is -0.494 e. The van der Waals surface area contributed by atoms with Gasteiger partial charge >= 0.3 is 6.03 Å². The van der Waals surface area contributed by atoms with Crippen molar-refractivity contribution in [2.24, 2.45) is 5.73 Å². The number of carbonyl (C=O) groups is 2. The third-order valence-electron chi connectivity index (χ3n) is 3.23. The van der Waals surface area contributed by atoms with Gasteiger partial charge in [-0.1, -0.05) is 6.07 Å². The molecule has 1 aromatic heterocycles. The van der Waals surface area contributed by atoms with Crippen molar-refractivity contribution in [3.05, 3.63) is 42.0 Å². The first-order chi connectivity index (χ1) is 11.4. The molecule has 0 saturated heterocycles. The molecule has 4 N–H and O–H groups in total. The normalized spacial score (nSPS) is 11.6. The van der Waals surface area contributed by atoms with E-state index < -0.39 is 23.8 Å². The van der Waals surface area contributed by atoms with Gasteiger partial charge in [-0.15, -0.1) is 0 Å². The van der Waals surface area contributed by atoms with E-state index in [0.29, 0.717) is 11.3 Å². The molecule has 3 amide bonds. The molecule has 24 heavy (non-hydrogen) atoms. The molecular formula is C15H18FN5O3. The van der Waals surface area contributed by atoms with Crippen molar-refractivity contribution in [3.63, 3.8) is 0 Å². The summed E-state index contributed by atoms with van der Waals surface area (Å²) >= 11 is 0. The van der Waals surface area contributed by atoms with E-state index in [-0.39, 0.29) is 12.3 Å². The lowest BCUT2D eigenvalue weighted by molar-refractivity contribution is -0.118. The van der Waals surface area contributed by atoms with E-state index >= 15 is 0 Å². The maximum absolute atomic E-state index is 13.7. The fourth-order valence-electron chi connectivity index (χ4n) is 2.07. The zero-order valence-corrected chi connectivity index (χ0v) is 13.2. The number of anilines is 1. The number of nitrogens with zero attached hydrogens (tertiary/aromatic N) is 2. The van der Waals surface area contributed by atoms with Crippen LogP contribution in [0.25, 0.3) is 0 Å². The lowest BCUT2D eigenvalue weighted by Gasteiger charge is -2.15. The number of methoxy groups -OCH3 is 1. The van der Waals surface area contributed by atoms with E-state index in [0.717, 1.165) is 0 Å². The zero-order chi connectivity index (χ0) is 17.7. The number of amides is 3. The standard InChI is InChI=1S/C15H18FN5O3/c1-9(10-3-4-13(24-2)12(16)5-10)19-15(23)20-11-6-18-21(7-11)8-14(17)22/h3-7,9H,8H2,1-2H3,(H2,17,22)(H2,19,20,23)/t9-/m1/s1. The number of hydrogen-bond donors (Lipinski definition) is 3. The van der Waals surface area contributed by atoms with Crippen molar-refractivity contribution >= 4 is 17.6 Å². The summed E-state index contributed by atoms with van der Waals surface area (Å²) < 4.78 is 19.9. The maximum Gasteiger partial charge on any atom is 0.319 e. The minimum atomic E-state index is -0.538. The summed E-state index contributed by atoms with van der Waals surface area (Å²) in [5.41, 5.74) is 6.05. The number of nitrogens with two attached hydrogens (primary N) is 1. The summed E-state index contributed by atoms with van der Waals surface area (Å²) in [6.45, 7) is 1.64. The molecule has 128 valence electrons. The van der Waals surface area contributed by atoms with Gasteiger partial charge in [-0.05, 0) is 24.6 Å². The van der Waals surface area contributed by atoms with E-state index in [4.69, 9.17) is 10.5 Å². The van der Waals surface area contributed by atoms with Crippen LogP contribution in [0.3, 0.4) is 0 Å². The molecule has 8 nitrogen and oxygen atoms in total. The summed E-state index contributed by atoms with van der Waals surface area (Å²) in [6, 6.07) is 3.55. The Morgan fingerprint density at radius 1 is 1.46 bits per heavy atom. The number of hydrogen-bond acceptors (Lipinski definition) is 4. The molecule has 0 unspecified atom stereocenters. The number of nitrogens with one attached hydrogen (secondary N) is 2. The van der Waals surface area contributed by atoms with Crippen LogP contribution in [0.4, 0.5) is 14.9 Å². The predicted octanol–water partition coefficient (Wildman–Crippen LogP) is 1.40. The molecule has 1 heterocycles. The van der Waals surface area contributed by atoms with Gasteiger partial charge in [0.15, 0.2) is 11.6 Å². The van der Waals surface area contributed by atoms with Gasteiger partial charge in [0.05, 0.1) is 25.0 Å². The minimum absolute atomic E-state index is 0.0785. The highest BCUT2D eigenvalue weighted by Crippen LogP contribution is 2.21. The molecule has 2 rings (SSSR count). The van der Waals surface area contributed by atoms with Gasteiger partial charge in [-0.25, -0.2) is 9.18 Å². The molecule has 0 bridgehead atoms. The number of aromatic nitrogens is 2. The maximum atomic E-state index is 13.7. The van der Waals surface area contributed by atoms with Crippen LogP contribution in [0.1, 0.15) is 18.5 Å². The lowest BCUT2D eigenvalue weighted by atomic mass is 10.1. The van der Waals surface area contributed by atoms with Gasteiger partial charge in [0.25, 0.3) is 0 Å². The molecule has 0 fully saturated rings. The molecule has 1 atom stereocenters. The fraction of sp³-hybridized carbons (Fsp3) is 0.267. The summed E-state index contributed by atoms with van der Waals surface area (Å²) in [4.78, 5) is 22.8. The van der Waals surface area contributed by atoms with Crippen LogP contribution in [-0.2, 0) is 11.3 Å². The molecule has 0 aliphatic heterocycles. The lowest BCUT2D eigenvalue weighted by Crippen LogP contribution is -2.31. The second kappa shape index (κ2) is 7.44. The Labute approximate surface area is 137 Å². The van der Waals surface area contributed by atoms with E-state index in [9.17, 15) is 14.0 Å². The van der Waals surface area contributed by atoms with Crippen LogP contribution < -0.4 is 21.1 Å². The Hall–Kier alpha value is -3.10. The number of urea groups is 1. The van der Waals surface area contributed by atoms with Crippen molar-refractivity contribution in [1.82, 2.24) is 15.1 Å². The molecule has 0 saturated carbocycles. The Morgan fingerprint density at radius 3 is 2.83 bits per heavy atom. The second-order valence-electron chi connectivity index (χ2n) is 5.11. The van der Waals surface area contributed by atoms with Crippen molar-refractivity contribution in [2.75, 3.05) is 12.4 Å². The van der Waals surface area contributed by atoms with Gasteiger partial charge < -0.3 is 21.1 Å². The SMILES string of the molecule is COc1ccc([C@@H](C)NC(=O)Nc2cnn(CC(N)=O)c2)cc1F. The molecule has 0 aliphatic carbocycles. The van der Waals surface area contributed by atoms with Gasteiger partial charge in [0.1, 0.15) is 6.54 Å². The number of primary amides is 1. The molecule has 1 aromatic carbocycles. The largest absolute Gasteiger partial charge is 0.494 e. The summed E-state index contributed by atoms with van der Waals surface area (Å²) in [5.74, 6) is -0.904. The first-order valence-electron chi connectivity index (χ1n) is 7.10. The van der Waals surface area contributed by atoms with Gasteiger partial charge in [0, 0.05) is 6.20 Å². The fourth-order valence-corrected chi connectivity index (χ4v) is 2.07. The third-order valence-corrected chi connectivity index (χ3v) is 3.23. The Bertz CT molecular complexity index is 746. The number of ether oxygens (including phenoxy) is 1. The summed E-state index contributed by atoms with van der Waals surface area (Å²) in [6.07, 6.45) is 2.86. The van der Waals surface area contributed by atoms with E-state index in [1.807, 2.05) is 0 Å². The van der Waals surface area contributed by atoms with Crippen molar-refractivity contribution in [3.8, 4) is 5.75 Å². The number of rotatable bonds is 6. The molecule has 9 heteroatoms. The van der Waals surface area contributed by atoms with Crippen molar-refractivity contribution < 1.29 is 18.7 Å². The van der Waals surface area contributed by atoms with Gasteiger partial charge in [0.2, 0.25) is 5.91 Å². The summed E-state index contributed by atoms with van der Waals surface area (Å²) in [7, 11) is 1.38. The molecule has 0 aliphatic rings. The Balaban J connectivity index is 1.95. The number of halogens is 1. The molecular weight excluding hydrogens is 317 g/mol. The van der Waals surface area contributed by atoms with Crippen LogP contribution >= 0.6 is 0 Å². The van der Waals surface area contributed by atoms with Crippen LogP contribution in [0.15, 0.2) is 30.6 Å². The van der Waals surface area contributed by atoms with Crippen molar-refractivity contribution in [2.45, 2.75) is 19.5 Å². The average molecular weight is 335 g/mol. The third kappa shape index (κ3) is 4.45. The van der Waals surface area contributed by atoms with Gasteiger partial charge in [-0.3, -0.25) is 9.48 Å². The second-order valence-corrected chi connectivity index (χ2v) is 5.11. The predicted molar refractivity (Wildman–Crippen MR) is 84.9 cm³/mol. The van der Waals surface area contributed by atoms with Crippen LogP contribution in [-0.4, -0.2) is 28.8 Å². The summed E-state index contributed by atoms with van der Waals surface area (Å²) in [5, 5.41) is 9.13. The quantitative estimate of drug-likeness (QED) is 0.741. The molecule has 2 aromatic rings. The molecule has 0 radical (unpaired) electrons. The van der Waals surface area contributed by atoms with Crippen LogP contribution in [0, 0.1) is 5.82 Å². The van der Waals surface area contributed by atoms with Crippen molar-refractivity contribution in [1.29, 1.82) is 0 Å². The monoisotopic (exact) mass is 335 g/mol. The van der Waals surface area contributed by atoms with Crippen LogP contribution in [0.5, 0.6) is 5.75 Å². The topological polar surface area (TPSA) is 111 Å². The molecule has 0 spiro atoms.